The molecule has 3 rings (SSSR count). The Balaban J connectivity index is 0.00000113. The predicted molar refractivity (Wildman–Crippen MR) is 133 cm³/mol. The number of hydrogen-bond donors (Lipinski definition) is 0. The standard InChI is InChI=1S/C23H34NO2Si.CH3.2ClH.Ti/c1-23(2,3)24-27(6,7)22-15-17(16-11-9-8-10-12-16)18-13-20(25-4)21(26-5)14-19(18)22;;;;/h8-14,17-19,22H,15H2,1-7H3;1H3;2*1H;/q2*-1;;;+2/p-2. The molecule has 2 aliphatic rings. The third kappa shape index (κ3) is 7.38. The molecule has 0 N–H and O–H groups in total. The molecule has 0 saturated heterocycles. The number of fused-ring (bicyclic) bond motifs is 1. The van der Waals surface area contributed by atoms with Crippen molar-refractivity contribution in [3.05, 3.63) is 72.0 Å². The summed E-state index contributed by atoms with van der Waals surface area (Å²) >= 11 is -0.556. The summed E-state index contributed by atoms with van der Waals surface area (Å²) in [5, 5.41) is 0. The molecule has 0 heterocycles. The average molecular weight is 518 g/mol. The topological polar surface area (TPSA) is 32.6 Å². The fraction of sp³-hybridized carbons (Fsp3) is 0.542. The van der Waals surface area contributed by atoms with Gasteiger partial charge in [-0.1, -0.05) is 78.0 Å². The second-order valence-electron chi connectivity index (χ2n) is 9.49. The molecule has 0 amide bonds. The van der Waals surface area contributed by atoms with Crippen LogP contribution in [0.25, 0.3) is 4.98 Å². The molecular formula is C24H37Cl2NO2SiTi-2. The van der Waals surface area contributed by atoms with Gasteiger partial charge in [-0.25, -0.2) is 0 Å². The summed E-state index contributed by atoms with van der Waals surface area (Å²) in [6, 6.07) is 11.0. The van der Waals surface area contributed by atoms with Crippen molar-refractivity contribution in [2.45, 2.75) is 57.3 Å². The van der Waals surface area contributed by atoms with Crippen molar-refractivity contribution in [2.24, 2.45) is 11.8 Å². The fourth-order valence-corrected chi connectivity index (χ4v) is 9.18. The first-order valence-corrected chi connectivity index (χ1v) is 17.7. The summed E-state index contributed by atoms with van der Waals surface area (Å²) < 4.78 is 11.3. The minimum atomic E-state index is -1.81. The Morgan fingerprint density at radius 1 is 0.968 bits per heavy atom. The second-order valence-corrected chi connectivity index (χ2v) is 16.3. The summed E-state index contributed by atoms with van der Waals surface area (Å²) in [6.45, 7) is 11.5. The van der Waals surface area contributed by atoms with E-state index in [1.165, 1.54) is 12.0 Å². The minimum absolute atomic E-state index is 0. The van der Waals surface area contributed by atoms with Crippen LogP contribution in [0.4, 0.5) is 0 Å². The first-order chi connectivity index (χ1) is 14.1. The summed E-state index contributed by atoms with van der Waals surface area (Å²) in [7, 11) is 11.4. The van der Waals surface area contributed by atoms with Crippen LogP contribution in [0.15, 0.2) is 54.0 Å². The molecule has 0 spiro atoms. The van der Waals surface area contributed by atoms with Crippen LogP contribution in [0.5, 0.6) is 0 Å². The van der Waals surface area contributed by atoms with Gasteiger partial charge in [-0.15, -0.1) is 5.54 Å². The van der Waals surface area contributed by atoms with Gasteiger partial charge in [0.25, 0.3) is 0 Å². The molecule has 4 unspecified atom stereocenters. The molecule has 31 heavy (non-hydrogen) atoms. The molecule has 174 valence electrons. The van der Waals surface area contributed by atoms with Crippen molar-refractivity contribution < 1.29 is 26.5 Å². The number of rotatable bonds is 5. The molecule has 0 aliphatic heterocycles. The molecule has 1 aromatic rings. The van der Waals surface area contributed by atoms with Gasteiger partial charge in [0.1, 0.15) is 0 Å². The van der Waals surface area contributed by atoms with Crippen LogP contribution in [-0.4, -0.2) is 28.0 Å². The van der Waals surface area contributed by atoms with Crippen molar-refractivity contribution in [1.29, 1.82) is 0 Å². The zero-order chi connectivity index (χ0) is 22.5. The molecule has 1 fully saturated rings. The average Bonchev–Trinajstić information content (AvgIpc) is 3.05. The molecular weight excluding hydrogens is 481 g/mol. The van der Waals surface area contributed by atoms with Crippen LogP contribution in [0.2, 0.25) is 18.6 Å². The van der Waals surface area contributed by atoms with Crippen molar-refractivity contribution in [3.63, 3.8) is 0 Å². The molecule has 3 nitrogen and oxygen atoms in total. The van der Waals surface area contributed by atoms with Crippen molar-refractivity contribution in [1.82, 2.24) is 0 Å². The normalized spacial score (nSPS) is 25.1. The SMILES string of the molecule is COC1=CC2C(c3ccccc3)CC([Si](C)(C)[N-]C(C)(C)C)C2C=C1OC.[CH3-].[Cl][Ti][Cl]. The maximum absolute atomic E-state index is 5.66. The van der Waals surface area contributed by atoms with E-state index < -0.39 is 25.3 Å². The third-order valence-electron chi connectivity index (χ3n) is 6.01. The van der Waals surface area contributed by atoms with Gasteiger partial charge in [0, 0.05) is 0 Å². The number of benzene rings is 1. The van der Waals surface area contributed by atoms with E-state index in [1.54, 1.807) is 14.2 Å². The summed E-state index contributed by atoms with van der Waals surface area (Å²) in [4.78, 5) is 5.35. The number of methoxy groups -OCH3 is 2. The van der Waals surface area contributed by atoms with Gasteiger partial charge in [0.15, 0.2) is 11.5 Å². The Morgan fingerprint density at radius 3 is 1.90 bits per heavy atom. The van der Waals surface area contributed by atoms with Crippen LogP contribution < -0.4 is 0 Å². The maximum atomic E-state index is 5.66. The fourth-order valence-electron chi connectivity index (χ4n) is 5.20. The zero-order valence-corrected chi connectivity index (χ0v) is 24.2. The number of allylic oxidation sites excluding steroid dienone is 2. The number of nitrogens with zero attached hydrogens (tertiary/aromatic N) is 1. The van der Waals surface area contributed by atoms with Gasteiger partial charge in [-0.2, -0.15) is 0 Å². The molecule has 1 saturated carbocycles. The van der Waals surface area contributed by atoms with Crippen LogP contribution >= 0.6 is 18.6 Å². The summed E-state index contributed by atoms with van der Waals surface area (Å²) in [6.07, 6.45) is 5.81. The van der Waals surface area contributed by atoms with E-state index in [9.17, 15) is 0 Å². The van der Waals surface area contributed by atoms with Gasteiger partial charge in [-0.3, -0.25) is 0 Å². The molecule has 7 heteroatoms. The van der Waals surface area contributed by atoms with E-state index in [2.05, 4.69) is 76.3 Å². The zero-order valence-electron chi connectivity index (χ0n) is 20.1. The third-order valence-corrected chi connectivity index (χ3v) is 9.69. The van der Waals surface area contributed by atoms with Crippen LogP contribution in [-0.2, 0) is 26.5 Å². The summed E-state index contributed by atoms with van der Waals surface area (Å²) in [5.74, 6) is 3.14. The van der Waals surface area contributed by atoms with E-state index >= 15 is 0 Å². The Labute approximate surface area is 207 Å². The van der Waals surface area contributed by atoms with Crippen LogP contribution in [0.3, 0.4) is 0 Å². The van der Waals surface area contributed by atoms with Gasteiger partial charge in [-0.05, 0) is 41.9 Å². The molecule has 0 aromatic heterocycles. The second kappa shape index (κ2) is 12.3. The number of ether oxygens (including phenoxy) is 2. The van der Waals surface area contributed by atoms with E-state index in [1.807, 2.05) is 0 Å². The van der Waals surface area contributed by atoms with E-state index in [0.717, 1.165) is 11.5 Å². The molecule has 0 bridgehead atoms. The van der Waals surface area contributed by atoms with Crippen molar-refractivity contribution >= 4 is 26.8 Å². The van der Waals surface area contributed by atoms with E-state index in [-0.39, 0.29) is 13.0 Å². The number of halogens is 2. The van der Waals surface area contributed by atoms with Gasteiger partial charge < -0.3 is 21.9 Å². The monoisotopic (exact) mass is 517 g/mol. The first kappa shape index (κ1) is 28.8. The van der Waals surface area contributed by atoms with Gasteiger partial charge in [0.2, 0.25) is 0 Å². The summed E-state index contributed by atoms with van der Waals surface area (Å²) in [5.41, 5.74) is 2.02. The van der Waals surface area contributed by atoms with Gasteiger partial charge in [0.05, 0.1) is 14.2 Å². The molecule has 4 atom stereocenters. The number of hydrogen-bond acceptors (Lipinski definition) is 2. The van der Waals surface area contributed by atoms with Crippen LogP contribution in [0.1, 0.15) is 38.7 Å². The van der Waals surface area contributed by atoms with Crippen LogP contribution in [0, 0.1) is 19.3 Å². The Kier molecular flexibility index (Phi) is 11.4. The Bertz CT molecular complexity index is 750. The predicted octanol–water partition coefficient (Wildman–Crippen LogP) is 8.05. The quantitative estimate of drug-likeness (QED) is 0.292. The van der Waals surface area contributed by atoms with Crippen molar-refractivity contribution in [2.75, 3.05) is 14.2 Å². The first-order valence-electron chi connectivity index (χ1n) is 10.3. The van der Waals surface area contributed by atoms with Gasteiger partial charge >= 0.3 is 35.6 Å². The molecule has 0 radical (unpaired) electrons. The Hall–Kier alpha value is -0.229. The van der Waals surface area contributed by atoms with Crippen molar-refractivity contribution in [3.8, 4) is 0 Å². The van der Waals surface area contributed by atoms with E-state index in [0.29, 0.717) is 23.3 Å². The Morgan fingerprint density at radius 2 is 1.45 bits per heavy atom. The molecule has 2 aliphatic carbocycles. The van der Waals surface area contributed by atoms with E-state index in [4.69, 9.17) is 33.1 Å². The molecule has 1 aromatic carbocycles.